The Morgan fingerprint density at radius 2 is 2.25 bits per heavy atom. The molecule has 2 unspecified atom stereocenters. The summed E-state index contributed by atoms with van der Waals surface area (Å²) in [6, 6.07) is 4.63. The lowest BCUT2D eigenvalue weighted by atomic mass is 10.2. The molecule has 1 aromatic carbocycles. The fraction of sp³-hybridized carbons (Fsp3) is 0.455. The predicted molar refractivity (Wildman–Crippen MR) is 66.6 cm³/mol. The van der Waals surface area contributed by atoms with Crippen LogP contribution in [0.2, 0.25) is 5.02 Å². The Labute approximate surface area is 103 Å². The Bertz CT molecular complexity index is 386. The molecule has 1 N–H and O–H groups in total. The van der Waals surface area contributed by atoms with Gasteiger partial charge in [-0.15, -0.1) is 0 Å². The number of benzene rings is 1. The molecule has 2 nitrogen and oxygen atoms in total. The maximum Gasteiger partial charge on any atom is 0.141 e. The monoisotopic (exact) mass is 263 g/mol. The minimum absolute atomic E-state index is 0.107. The highest BCUT2D eigenvalue weighted by atomic mass is 35.5. The van der Waals surface area contributed by atoms with E-state index in [2.05, 4.69) is 5.32 Å². The third kappa shape index (κ3) is 4.20. The van der Waals surface area contributed by atoms with E-state index in [0.29, 0.717) is 13.1 Å². The highest BCUT2D eigenvalue weighted by Gasteiger charge is 2.05. The molecule has 0 saturated heterocycles. The van der Waals surface area contributed by atoms with Crippen molar-refractivity contribution in [2.24, 2.45) is 0 Å². The fourth-order valence-electron chi connectivity index (χ4n) is 1.19. The van der Waals surface area contributed by atoms with Gasteiger partial charge in [-0.3, -0.25) is 4.21 Å². The van der Waals surface area contributed by atoms with Gasteiger partial charge in [-0.1, -0.05) is 17.7 Å². The van der Waals surface area contributed by atoms with E-state index in [1.807, 2.05) is 6.92 Å². The van der Waals surface area contributed by atoms with Crippen LogP contribution < -0.4 is 5.32 Å². The minimum Gasteiger partial charge on any atom is -0.311 e. The van der Waals surface area contributed by atoms with Crippen molar-refractivity contribution in [2.45, 2.75) is 18.7 Å². The summed E-state index contributed by atoms with van der Waals surface area (Å²) in [6.07, 6.45) is 1.68. The quantitative estimate of drug-likeness (QED) is 0.884. The molecule has 90 valence electrons. The molecule has 0 aliphatic rings. The van der Waals surface area contributed by atoms with Crippen LogP contribution in [0.25, 0.3) is 0 Å². The van der Waals surface area contributed by atoms with E-state index < -0.39 is 16.6 Å². The standard InChI is InChI=1S/C11H15ClFNOS/c1-8(16(2)15)6-14-7-9-3-4-11(13)10(12)5-9/h3-5,8,14H,6-7H2,1-2H3. The Morgan fingerprint density at radius 3 is 2.81 bits per heavy atom. The molecular formula is C11H15ClFNOS. The minimum atomic E-state index is -0.825. The maximum atomic E-state index is 12.9. The molecule has 0 aliphatic heterocycles. The van der Waals surface area contributed by atoms with Crippen LogP contribution in [-0.4, -0.2) is 22.3 Å². The lowest BCUT2D eigenvalue weighted by Crippen LogP contribution is -2.27. The Hall–Kier alpha value is -0.450. The molecule has 16 heavy (non-hydrogen) atoms. The first kappa shape index (κ1) is 13.6. The first-order valence-electron chi connectivity index (χ1n) is 4.97. The molecule has 1 aromatic rings. The van der Waals surface area contributed by atoms with Gasteiger partial charge in [-0.2, -0.15) is 0 Å². The molecule has 0 heterocycles. The van der Waals surface area contributed by atoms with E-state index in [4.69, 9.17) is 11.6 Å². The fourth-order valence-corrected chi connectivity index (χ4v) is 1.74. The summed E-state index contributed by atoms with van der Waals surface area (Å²) in [4.78, 5) is 0. The van der Waals surface area contributed by atoms with E-state index in [9.17, 15) is 8.60 Å². The predicted octanol–water partition coefficient (Wildman–Crippen LogP) is 2.34. The van der Waals surface area contributed by atoms with Crippen LogP contribution in [0.5, 0.6) is 0 Å². The second-order valence-electron chi connectivity index (χ2n) is 3.69. The molecule has 0 fully saturated rings. The third-order valence-corrected chi connectivity index (χ3v) is 3.90. The number of rotatable bonds is 5. The van der Waals surface area contributed by atoms with Crippen LogP contribution in [0.3, 0.4) is 0 Å². The Kier molecular flexibility index (Phi) is 5.38. The smallest absolute Gasteiger partial charge is 0.141 e. The lowest BCUT2D eigenvalue weighted by Gasteiger charge is -2.10. The van der Waals surface area contributed by atoms with Gasteiger partial charge in [0.05, 0.1) is 5.02 Å². The topological polar surface area (TPSA) is 29.1 Å². The summed E-state index contributed by atoms with van der Waals surface area (Å²) in [6.45, 7) is 3.18. The van der Waals surface area contributed by atoms with Gasteiger partial charge in [0, 0.05) is 35.4 Å². The highest BCUT2D eigenvalue weighted by Crippen LogP contribution is 2.15. The Morgan fingerprint density at radius 1 is 1.56 bits per heavy atom. The average molecular weight is 264 g/mol. The van der Waals surface area contributed by atoms with Gasteiger partial charge in [-0.05, 0) is 24.6 Å². The summed E-state index contributed by atoms with van der Waals surface area (Å²) in [5.74, 6) is -0.409. The molecular weight excluding hydrogens is 249 g/mol. The molecule has 0 saturated carbocycles. The molecule has 0 radical (unpaired) electrons. The zero-order valence-corrected chi connectivity index (χ0v) is 10.9. The van der Waals surface area contributed by atoms with Crippen LogP contribution in [0.15, 0.2) is 18.2 Å². The first-order chi connectivity index (χ1) is 7.50. The van der Waals surface area contributed by atoms with Gasteiger partial charge < -0.3 is 5.32 Å². The van der Waals surface area contributed by atoms with Gasteiger partial charge in [0.1, 0.15) is 5.82 Å². The normalized spacial score (nSPS) is 14.8. The van der Waals surface area contributed by atoms with Crippen molar-refractivity contribution in [1.29, 1.82) is 0 Å². The van der Waals surface area contributed by atoms with Gasteiger partial charge in [0.15, 0.2) is 0 Å². The largest absolute Gasteiger partial charge is 0.311 e. The van der Waals surface area contributed by atoms with Crippen LogP contribution in [0.1, 0.15) is 12.5 Å². The average Bonchev–Trinajstić information content (AvgIpc) is 2.23. The zero-order chi connectivity index (χ0) is 12.1. The number of halogens is 2. The molecule has 1 rings (SSSR count). The second-order valence-corrected chi connectivity index (χ2v) is 5.90. The number of hydrogen-bond donors (Lipinski definition) is 1. The molecule has 0 bridgehead atoms. The molecule has 2 atom stereocenters. The van der Waals surface area contributed by atoms with Gasteiger partial charge in [0.2, 0.25) is 0 Å². The van der Waals surface area contributed by atoms with Crippen molar-refractivity contribution >= 4 is 22.4 Å². The van der Waals surface area contributed by atoms with E-state index >= 15 is 0 Å². The molecule has 0 aromatic heterocycles. The van der Waals surface area contributed by atoms with Gasteiger partial charge in [0.25, 0.3) is 0 Å². The molecule has 0 amide bonds. The van der Waals surface area contributed by atoms with Crippen molar-refractivity contribution < 1.29 is 8.60 Å². The number of hydrogen-bond acceptors (Lipinski definition) is 2. The van der Waals surface area contributed by atoms with Gasteiger partial charge >= 0.3 is 0 Å². The summed E-state index contributed by atoms with van der Waals surface area (Å²) in [7, 11) is -0.825. The summed E-state index contributed by atoms with van der Waals surface area (Å²) < 4.78 is 23.9. The summed E-state index contributed by atoms with van der Waals surface area (Å²) >= 11 is 5.65. The van der Waals surface area contributed by atoms with Crippen LogP contribution in [0, 0.1) is 5.82 Å². The van der Waals surface area contributed by atoms with Crippen LogP contribution >= 0.6 is 11.6 Å². The SMILES string of the molecule is CC(CNCc1ccc(F)c(Cl)c1)S(C)=O. The van der Waals surface area contributed by atoms with E-state index in [0.717, 1.165) is 5.56 Å². The van der Waals surface area contributed by atoms with Crippen LogP contribution in [-0.2, 0) is 17.3 Å². The van der Waals surface area contributed by atoms with Crippen molar-refractivity contribution in [2.75, 3.05) is 12.8 Å². The third-order valence-electron chi connectivity index (χ3n) is 2.31. The number of nitrogens with one attached hydrogen (secondary N) is 1. The summed E-state index contributed by atoms with van der Waals surface area (Å²) in [5, 5.41) is 3.39. The molecule has 5 heteroatoms. The summed E-state index contributed by atoms with van der Waals surface area (Å²) in [5.41, 5.74) is 0.917. The van der Waals surface area contributed by atoms with Gasteiger partial charge in [-0.25, -0.2) is 4.39 Å². The van der Waals surface area contributed by atoms with Crippen molar-refractivity contribution in [1.82, 2.24) is 5.32 Å². The zero-order valence-electron chi connectivity index (χ0n) is 9.30. The molecule has 0 aliphatic carbocycles. The second kappa shape index (κ2) is 6.33. The lowest BCUT2D eigenvalue weighted by molar-refractivity contribution is 0.624. The van der Waals surface area contributed by atoms with Crippen molar-refractivity contribution in [3.8, 4) is 0 Å². The van der Waals surface area contributed by atoms with Crippen molar-refractivity contribution in [3.05, 3.63) is 34.6 Å². The maximum absolute atomic E-state index is 12.9. The Balaban J connectivity index is 2.43. The van der Waals surface area contributed by atoms with Crippen LogP contribution in [0.4, 0.5) is 4.39 Å². The highest BCUT2D eigenvalue weighted by molar-refractivity contribution is 7.84. The molecule has 0 spiro atoms. The van der Waals surface area contributed by atoms with E-state index in [-0.39, 0.29) is 10.3 Å². The van der Waals surface area contributed by atoms with E-state index in [1.54, 1.807) is 18.4 Å². The van der Waals surface area contributed by atoms with Crippen molar-refractivity contribution in [3.63, 3.8) is 0 Å². The van der Waals surface area contributed by atoms with E-state index in [1.165, 1.54) is 6.07 Å². The first-order valence-corrected chi connectivity index (χ1v) is 6.97.